The Kier molecular flexibility index (Phi) is 4.86. The minimum atomic E-state index is -0.0869. The van der Waals surface area contributed by atoms with E-state index in [9.17, 15) is 4.79 Å². The summed E-state index contributed by atoms with van der Waals surface area (Å²) in [7, 11) is 0. The number of nitrogens with one attached hydrogen (secondary N) is 1. The third-order valence-corrected chi connectivity index (χ3v) is 3.09. The topological polar surface area (TPSA) is 59.3 Å². The molecular formula is C14H24N4O. The van der Waals surface area contributed by atoms with Crippen molar-refractivity contribution in [3.05, 3.63) is 17.5 Å². The van der Waals surface area contributed by atoms with Gasteiger partial charge in [0.1, 0.15) is 0 Å². The maximum atomic E-state index is 11.7. The third kappa shape index (κ3) is 4.85. The van der Waals surface area contributed by atoms with Crippen molar-refractivity contribution in [2.75, 3.05) is 0 Å². The summed E-state index contributed by atoms with van der Waals surface area (Å²) in [6.45, 7) is 12.6. The number of hydrogen-bond acceptors (Lipinski definition) is 3. The molecule has 106 valence electrons. The molecule has 0 aliphatic heterocycles. The number of carbonyl (C=O) groups is 1. The second-order valence-corrected chi connectivity index (χ2v) is 5.88. The van der Waals surface area contributed by atoms with E-state index in [1.165, 1.54) is 0 Å². The zero-order valence-electron chi connectivity index (χ0n) is 12.7. The molecule has 0 aliphatic carbocycles. The molecule has 0 saturated carbocycles. The van der Waals surface area contributed by atoms with Gasteiger partial charge in [-0.05, 0) is 26.8 Å². The maximum absolute atomic E-state index is 11.7. The van der Waals surface area contributed by atoms with Crippen molar-refractivity contribution in [3.8, 4) is 0 Å². The number of aryl methyl sites for hydroxylation is 3. The van der Waals surface area contributed by atoms with Gasteiger partial charge >= 0.3 is 0 Å². The van der Waals surface area contributed by atoms with Gasteiger partial charge in [0.25, 0.3) is 0 Å². The highest BCUT2D eigenvalue weighted by molar-refractivity contribution is 5.88. The van der Waals surface area contributed by atoms with E-state index in [1.807, 2.05) is 31.5 Å². The predicted octanol–water partition coefficient (Wildman–Crippen LogP) is 2.43. The van der Waals surface area contributed by atoms with Crippen molar-refractivity contribution in [1.82, 2.24) is 15.2 Å². The molecule has 5 heteroatoms. The molecule has 1 heterocycles. The lowest BCUT2D eigenvalue weighted by Crippen LogP contribution is -2.25. The molecule has 0 unspecified atom stereocenters. The fraction of sp³-hybridized carbons (Fsp3) is 0.643. The number of amides is 1. The van der Waals surface area contributed by atoms with E-state index in [1.54, 1.807) is 0 Å². The summed E-state index contributed by atoms with van der Waals surface area (Å²) < 4.78 is 1.84. The Labute approximate surface area is 115 Å². The summed E-state index contributed by atoms with van der Waals surface area (Å²) in [4.78, 5) is 11.7. The maximum Gasteiger partial charge on any atom is 0.241 e. The van der Waals surface area contributed by atoms with Crippen LogP contribution in [0.3, 0.4) is 0 Å². The molecule has 19 heavy (non-hydrogen) atoms. The van der Waals surface area contributed by atoms with Crippen LogP contribution in [0, 0.1) is 19.3 Å². The van der Waals surface area contributed by atoms with Crippen molar-refractivity contribution in [2.24, 2.45) is 10.5 Å². The molecule has 1 N–H and O–H groups in total. The number of carbonyl (C=O) groups excluding carboxylic acids is 1. The van der Waals surface area contributed by atoms with Gasteiger partial charge in [0.2, 0.25) is 5.91 Å². The molecule has 1 aromatic heterocycles. The summed E-state index contributed by atoms with van der Waals surface area (Å²) in [6, 6.07) is 2.00. The molecule has 5 nitrogen and oxygen atoms in total. The van der Waals surface area contributed by atoms with Gasteiger partial charge in [0.05, 0.1) is 12.2 Å². The summed E-state index contributed by atoms with van der Waals surface area (Å²) in [6.07, 6.45) is 0.378. The minimum absolute atomic E-state index is 0.0248. The first kappa shape index (κ1) is 15.4. The molecule has 0 fully saturated rings. The Bertz CT molecular complexity index is 480. The van der Waals surface area contributed by atoms with Crippen LogP contribution in [-0.2, 0) is 11.3 Å². The molecule has 1 rings (SSSR count). The summed E-state index contributed by atoms with van der Waals surface area (Å²) >= 11 is 0. The van der Waals surface area contributed by atoms with Crippen LogP contribution in [0.4, 0.5) is 0 Å². The molecule has 1 aromatic rings. The highest BCUT2D eigenvalue weighted by atomic mass is 16.2. The standard InChI is InChI=1S/C14H24N4O/c1-10-9-11(2)18(17-10)8-7-13(19)16-15-12(3)14(4,5)6/h9H,7-8H2,1-6H3,(H,16,19)/b15-12-. The van der Waals surface area contributed by atoms with Crippen LogP contribution in [0.15, 0.2) is 11.2 Å². The smallest absolute Gasteiger partial charge is 0.241 e. The van der Waals surface area contributed by atoms with Crippen molar-refractivity contribution >= 4 is 11.6 Å². The van der Waals surface area contributed by atoms with E-state index in [4.69, 9.17) is 0 Å². The van der Waals surface area contributed by atoms with Gasteiger partial charge in [-0.25, -0.2) is 5.43 Å². The monoisotopic (exact) mass is 264 g/mol. The largest absolute Gasteiger partial charge is 0.273 e. The predicted molar refractivity (Wildman–Crippen MR) is 77.0 cm³/mol. The molecule has 0 saturated heterocycles. The highest BCUT2D eigenvalue weighted by Gasteiger charge is 2.14. The van der Waals surface area contributed by atoms with Gasteiger partial charge in [-0.2, -0.15) is 10.2 Å². The first-order valence-electron chi connectivity index (χ1n) is 6.55. The fourth-order valence-corrected chi connectivity index (χ4v) is 1.48. The number of nitrogens with zero attached hydrogens (tertiary/aromatic N) is 3. The average molecular weight is 264 g/mol. The van der Waals surface area contributed by atoms with E-state index in [0.29, 0.717) is 13.0 Å². The van der Waals surface area contributed by atoms with E-state index in [2.05, 4.69) is 36.4 Å². The van der Waals surface area contributed by atoms with Crippen LogP contribution in [0.1, 0.15) is 45.5 Å². The lowest BCUT2D eigenvalue weighted by atomic mass is 9.91. The van der Waals surface area contributed by atoms with Gasteiger partial charge in [-0.15, -0.1) is 0 Å². The van der Waals surface area contributed by atoms with Crippen LogP contribution < -0.4 is 5.43 Å². The Morgan fingerprint density at radius 1 is 1.42 bits per heavy atom. The zero-order chi connectivity index (χ0) is 14.6. The molecule has 0 spiro atoms. The van der Waals surface area contributed by atoms with Crippen molar-refractivity contribution in [1.29, 1.82) is 0 Å². The number of hydrazone groups is 1. The van der Waals surface area contributed by atoms with Gasteiger partial charge in [0, 0.05) is 23.2 Å². The van der Waals surface area contributed by atoms with Crippen LogP contribution in [0.2, 0.25) is 0 Å². The molecule has 0 radical (unpaired) electrons. The molecule has 1 amide bonds. The Balaban J connectivity index is 2.47. The first-order chi connectivity index (χ1) is 8.70. The molecule has 0 aliphatic rings. The van der Waals surface area contributed by atoms with Crippen molar-refractivity contribution < 1.29 is 4.79 Å². The lowest BCUT2D eigenvalue weighted by Gasteiger charge is -2.17. The molecule has 0 aromatic carbocycles. The third-order valence-electron chi connectivity index (χ3n) is 3.09. The SMILES string of the molecule is C/C(=N/NC(=O)CCn1nc(C)cc1C)C(C)(C)C. The van der Waals surface area contributed by atoms with Crippen LogP contribution >= 0.6 is 0 Å². The number of hydrogen-bond donors (Lipinski definition) is 1. The van der Waals surface area contributed by atoms with Crippen LogP contribution in [0.25, 0.3) is 0 Å². The molecule has 0 bridgehead atoms. The quantitative estimate of drug-likeness (QED) is 0.670. The zero-order valence-corrected chi connectivity index (χ0v) is 12.7. The minimum Gasteiger partial charge on any atom is -0.273 e. The van der Waals surface area contributed by atoms with E-state index < -0.39 is 0 Å². The summed E-state index contributed by atoms with van der Waals surface area (Å²) in [5.41, 5.74) is 5.52. The molecule has 0 atom stereocenters. The fourth-order valence-electron chi connectivity index (χ4n) is 1.48. The second kappa shape index (κ2) is 5.99. The number of aromatic nitrogens is 2. The van der Waals surface area contributed by atoms with Gasteiger partial charge in [0.15, 0.2) is 0 Å². The van der Waals surface area contributed by atoms with Crippen LogP contribution in [-0.4, -0.2) is 21.4 Å². The second-order valence-electron chi connectivity index (χ2n) is 5.88. The average Bonchev–Trinajstić information content (AvgIpc) is 2.60. The van der Waals surface area contributed by atoms with Gasteiger partial charge < -0.3 is 0 Å². The van der Waals surface area contributed by atoms with Gasteiger partial charge in [-0.3, -0.25) is 9.48 Å². The van der Waals surface area contributed by atoms with E-state index in [-0.39, 0.29) is 11.3 Å². The summed E-state index contributed by atoms with van der Waals surface area (Å²) in [5.74, 6) is -0.0869. The number of rotatable bonds is 4. The van der Waals surface area contributed by atoms with E-state index in [0.717, 1.165) is 17.1 Å². The Hall–Kier alpha value is -1.65. The highest BCUT2D eigenvalue weighted by Crippen LogP contribution is 2.14. The lowest BCUT2D eigenvalue weighted by molar-refractivity contribution is -0.121. The molecular weight excluding hydrogens is 240 g/mol. The summed E-state index contributed by atoms with van der Waals surface area (Å²) in [5, 5.41) is 8.44. The van der Waals surface area contributed by atoms with Crippen molar-refractivity contribution in [2.45, 2.75) is 54.5 Å². The van der Waals surface area contributed by atoms with E-state index >= 15 is 0 Å². The Morgan fingerprint density at radius 3 is 2.53 bits per heavy atom. The Morgan fingerprint density at radius 2 is 2.05 bits per heavy atom. The van der Waals surface area contributed by atoms with Crippen LogP contribution in [0.5, 0.6) is 0 Å². The van der Waals surface area contributed by atoms with Crippen molar-refractivity contribution in [3.63, 3.8) is 0 Å². The van der Waals surface area contributed by atoms with Gasteiger partial charge in [-0.1, -0.05) is 20.8 Å². The normalized spacial score (nSPS) is 12.6. The first-order valence-corrected chi connectivity index (χ1v) is 6.55.